The number of phenols is 1. The van der Waals surface area contributed by atoms with Gasteiger partial charge in [0.15, 0.2) is 17.5 Å². The summed E-state index contributed by atoms with van der Waals surface area (Å²) in [5, 5.41) is 28.1. The van der Waals surface area contributed by atoms with E-state index in [0.717, 1.165) is 83.6 Å². The predicted molar refractivity (Wildman–Crippen MR) is 171 cm³/mol. The number of aliphatic hydroxyl groups excluding tert-OH is 1. The standard InChI is InChI=1S/C33H54N6O5/c1-23(40)43-30(6-3-24-4-7-31(42)32(15-24)44-29-8-11-35-12-9-29)16-28(41)5-2-25-10-13-38-18-26-14-27(19-38)21-39(20-26)22-37-33(34)36-17-25/h4,7,15,25-30,35,41-42H,2-3,5-6,8-14,16-22H2,1H3,(H3,34,36,37)/t25-,26-,27+,28-,30+/m0/s1. The van der Waals surface area contributed by atoms with Gasteiger partial charge in [-0.3, -0.25) is 9.69 Å². The van der Waals surface area contributed by atoms with Crippen LogP contribution in [0.4, 0.5) is 0 Å². The minimum absolute atomic E-state index is 0.0886. The second kappa shape index (κ2) is 16.1. The Balaban J connectivity index is 1.12. The van der Waals surface area contributed by atoms with Crippen molar-refractivity contribution in [3.8, 4) is 11.5 Å². The molecule has 1 aromatic rings. The first-order chi connectivity index (χ1) is 21.3. The van der Waals surface area contributed by atoms with Gasteiger partial charge in [-0.05, 0) is 106 Å². The Hall–Kier alpha value is -2.60. The molecule has 1 aromatic carbocycles. The number of benzene rings is 1. The van der Waals surface area contributed by atoms with Crippen molar-refractivity contribution in [2.24, 2.45) is 28.5 Å². The van der Waals surface area contributed by atoms with Crippen LogP contribution in [0.1, 0.15) is 63.9 Å². The van der Waals surface area contributed by atoms with E-state index in [2.05, 4.69) is 25.4 Å². The van der Waals surface area contributed by atoms with Crippen molar-refractivity contribution < 1.29 is 24.5 Å². The third kappa shape index (κ3) is 10.2. The summed E-state index contributed by atoms with van der Waals surface area (Å²) in [5.41, 5.74) is 7.23. The fourth-order valence-corrected chi connectivity index (χ4v) is 7.53. The lowest BCUT2D eigenvalue weighted by atomic mass is 9.84. The number of guanidine groups is 1. The maximum Gasteiger partial charge on any atom is 0.302 e. The van der Waals surface area contributed by atoms with Crippen molar-refractivity contribution in [2.45, 2.75) is 83.0 Å². The molecule has 5 aliphatic rings. The average Bonchev–Trinajstić information content (AvgIpc) is 3.00. The number of hydrogen-bond acceptors (Lipinski definition) is 11. The van der Waals surface area contributed by atoms with Crippen LogP contribution >= 0.6 is 0 Å². The smallest absolute Gasteiger partial charge is 0.302 e. The number of carbonyl (C=O) groups is 1. The SMILES string of the molecule is CC(=O)O[C@H](CCc1ccc(O)c(OC2CCNCC2)c1)C[C@@H](O)CC[C@H]1CCN2C[C@H]3C[C@@H](C2)CN(CN=C(N)NC1)C3. The van der Waals surface area contributed by atoms with Crippen LogP contribution in [0, 0.1) is 17.8 Å². The third-order valence-corrected chi connectivity index (χ3v) is 9.73. The summed E-state index contributed by atoms with van der Waals surface area (Å²) in [7, 11) is 0. The highest BCUT2D eigenvalue weighted by Crippen LogP contribution is 2.31. The number of esters is 1. The summed E-state index contributed by atoms with van der Waals surface area (Å²) in [4.78, 5) is 21.6. The van der Waals surface area contributed by atoms with Crippen molar-refractivity contribution in [2.75, 3.05) is 59.0 Å². The van der Waals surface area contributed by atoms with Gasteiger partial charge in [0, 0.05) is 46.1 Å². The number of aliphatic hydroxyl groups is 1. The Kier molecular flexibility index (Phi) is 12.0. The van der Waals surface area contributed by atoms with Crippen molar-refractivity contribution in [3.63, 3.8) is 0 Å². The molecule has 0 amide bonds. The number of phenolic OH excluding ortho intramolecular Hbond substituents is 1. The van der Waals surface area contributed by atoms with Crippen molar-refractivity contribution in [1.29, 1.82) is 0 Å². The van der Waals surface area contributed by atoms with Gasteiger partial charge in [-0.2, -0.15) is 0 Å². The van der Waals surface area contributed by atoms with E-state index in [1.54, 1.807) is 6.07 Å². The molecule has 44 heavy (non-hydrogen) atoms. The Bertz CT molecular complexity index is 1080. The molecule has 0 spiro atoms. The molecule has 3 fully saturated rings. The second-order valence-corrected chi connectivity index (χ2v) is 13.6. The summed E-state index contributed by atoms with van der Waals surface area (Å²) >= 11 is 0. The van der Waals surface area contributed by atoms with Crippen LogP contribution in [0.3, 0.4) is 0 Å². The Labute approximate surface area is 262 Å². The molecule has 0 aliphatic carbocycles. The molecular formula is C33H54N6O5. The predicted octanol–water partition coefficient (Wildman–Crippen LogP) is 2.05. The number of rotatable bonds is 11. The fraction of sp³-hybridized carbons (Fsp3) is 0.758. The van der Waals surface area contributed by atoms with Gasteiger partial charge in [-0.1, -0.05) is 6.07 Å². The van der Waals surface area contributed by atoms with Gasteiger partial charge < -0.3 is 41.0 Å². The number of fused-ring (bicyclic) bond motifs is 6. The number of nitrogens with one attached hydrogen (secondary N) is 2. The number of carbonyl (C=O) groups excluding carboxylic acids is 1. The molecule has 5 aliphatic heterocycles. The molecule has 0 saturated carbocycles. The van der Waals surface area contributed by atoms with Crippen LogP contribution in [0.15, 0.2) is 23.2 Å². The Morgan fingerprint density at radius 1 is 1.11 bits per heavy atom. The van der Waals surface area contributed by atoms with Crippen molar-refractivity contribution in [3.05, 3.63) is 23.8 Å². The van der Waals surface area contributed by atoms with E-state index in [-0.39, 0.29) is 17.8 Å². The lowest BCUT2D eigenvalue weighted by Crippen LogP contribution is -2.52. The van der Waals surface area contributed by atoms with E-state index in [1.807, 2.05) is 12.1 Å². The van der Waals surface area contributed by atoms with Crippen LogP contribution < -0.4 is 21.1 Å². The van der Waals surface area contributed by atoms with Gasteiger partial charge in [-0.25, -0.2) is 4.99 Å². The number of hydrogen-bond donors (Lipinski definition) is 5. The first-order valence-corrected chi connectivity index (χ1v) is 16.8. The first-order valence-electron chi connectivity index (χ1n) is 16.8. The zero-order chi connectivity index (χ0) is 30.9. The van der Waals surface area contributed by atoms with Crippen LogP contribution in [-0.2, 0) is 16.0 Å². The van der Waals surface area contributed by atoms with Gasteiger partial charge in [0.1, 0.15) is 12.2 Å². The van der Waals surface area contributed by atoms with Crippen LogP contribution in [0.2, 0.25) is 0 Å². The minimum atomic E-state index is -0.576. The van der Waals surface area contributed by atoms with E-state index < -0.39 is 12.2 Å². The van der Waals surface area contributed by atoms with E-state index in [0.29, 0.717) is 61.8 Å². The molecule has 3 saturated heterocycles. The van der Waals surface area contributed by atoms with E-state index in [4.69, 9.17) is 15.2 Å². The minimum Gasteiger partial charge on any atom is -0.504 e. The molecule has 2 unspecified atom stereocenters. The van der Waals surface area contributed by atoms with Gasteiger partial charge >= 0.3 is 5.97 Å². The normalized spacial score (nSPS) is 29.3. The molecule has 11 heteroatoms. The van der Waals surface area contributed by atoms with Crippen LogP contribution in [-0.4, -0.2) is 109 Å². The van der Waals surface area contributed by atoms with Gasteiger partial charge in [0.25, 0.3) is 0 Å². The number of piperidine rings is 3. The molecule has 7 atom stereocenters. The maximum absolute atomic E-state index is 11.9. The number of aryl methyl sites for hydroxylation is 1. The van der Waals surface area contributed by atoms with Gasteiger partial charge in [0.05, 0.1) is 12.8 Å². The highest BCUT2D eigenvalue weighted by Gasteiger charge is 2.34. The highest BCUT2D eigenvalue weighted by molar-refractivity contribution is 5.77. The largest absolute Gasteiger partial charge is 0.504 e. The fourth-order valence-electron chi connectivity index (χ4n) is 7.53. The summed E-state index contributed by atoms with van der Waals surface area (Å²) < 4.78 is 11.7. The Morgan fingerprint density at radius 2 is 1.86 bits per heavy atom. The van der Waals surface area contributed by atoms with Crippen LogP contribution in [0.25, 0.3) is 0 Å². The summed E-state index contributed by atoms with van der Waals surface area (Å²) in [5.74, 6) is 2.57. The summed E-state index contributed by atoms with van der Waals surface area (Å²) in [6.07, 6.45) is 6.42. The summed E-state index contributed by atoms with van der Waals surface area (Å²) in [6.45, 7) is 10.2. The third-order valence-electron chi connectivity index (χ3n) is 9.73. The molecule has 246 valence electrons. The topological polar surface area (TPSA) is 145 Å². The molecule has 0 aromatic heterocycles. The zero-order valence-corrected chi connectivity index (χ0v) is 26.5. The number of aromatic hydroxyl groups is 1. The average molecular weight is 615 g/mol. The molecule has 6 rings (SSSR count). The van der Waals surface area contributed by atoms with E-state index in [1.165, 1.54) is 13.3 Å². The van der Waals surface area contributed by atoms with Crippen LogP contribution in [0.5, 0.6) is 11.5 Å². The van der Waals surface area contributed by atoms with Gasteiger partial charge in [-0.15, -0.1) is 0 Å². The lowest BCUT2D eigenvalue weighted by molar-refractivity contribution is -0.148. The molecular weight excluding hydrogens is 560 g/mol. The summed E-state index contributed by atoms with van der Waals surface area (Å²) in [6, 6.07) is 5.44. The number of nitrogens with two attached hydrogens (primary N) is 1. The molecule has 0 radical (unpaired) electrons. The zero-order valence-electron chi connectivity index (χ0n) is 26.5. The molecule has 11 nitrogen and oxygen atoms in total. The van der Waals surface area contributed by atoms with Crippen molar-refractivity contribution in [1.82, 2.24) is 20.4 Å². The van der Waals surface area contributed by atoms with Crippen molar-refractivity contribution >= 4 is 11.9 Å². The second-order valence-electron chi connectivity index (χ2n) is 13.6. The number of aliphatic imine (C=N–C) groups is 1. The van der Waals surface area contributed by atoms with E-state index >= 15 is 0 Å². The van der Waals surface area contributed by atoms with E-state index in [9.17, 15) is 15.0 Å². The Morgan fingerprint density at radius 3 is 2.61 bits per heavy atom. The maximum atomic E-state index is 11.9. The molecule has 5 heterocycles. The number of ether oxygens (including phenoxy) is 2. The first kappa shape index (κ1) is 32.8. The quantitative estimate of drug-likeness (QED) is 0.235. The lowest BCUT2D eigenvalue weighted by Gasteiger charge is -2.45. The highest BCUT2D eigenvalue weighted by atomic mass is 16.5. The number of nitrogens with zero attached hydrogens (tertiary/aromatic N) is 3. The molecule has 6 N–H and O–H groups in total. The monoisotopic (exact) mass is 614 g/mol. The van der Waals surface area contributed by atoms with Gasteiger partial charge in [0.2, 0.25) is 0 Å². The molecule has 4 bridgehead atoms.